The topological polar surface area (TPSA) is 59.0 Å². The summed E-state index contributed by atoms with van der Waals surface area (Å²) in [5, 5.41) is 6.23. The second-order valence-electron chi connectivity index (χ2n) is 7.68. The number of halogens is 1. The summed E-state index contributed by atoms with van der Waals surface area (Å²) in [5.41, 5.74) is 5.77. The lowest BCUT2D eigenvalue weighted by Gasteiger charge is -2.31. The fourth-order valence-electron chi connectivity index (χ4n) is 4.18. The van der Waals surface area contributed by atoms with E-state index in [0.29, 0.717) is 17.2 Å². The summed E-state index contributed by atoms with van der Waals surface area (Å²) in [6.45, 7) is 3.93. The van der Waals surface area contributed by atoms with Crippen molar-refractivity contribution in [1.82, 2.24) is 9.55 Å². The average molecular weight is 412 g/mol. The van der Waals surface area contributed by atoms with E-state index in [2.05, 4.69) is 15.2 Å². The fraction of sp³-hybridized carbons (Fsp3) is 0.120. The second-order valence-corrected chi connectivity index (χ2v) is 7.68. The van der Waals surface area contributed by atoms with Crippen LogP contribution in [-0.2, 0) is 4.79 Å². The summed E-state index contributed by atoms with van der Waals surface area (Å²) < 4.78 is 15.4. The SMILES string of the molecule is CC1=C(C(=O)Nc2ccc(F)cc2)C(c2ccccc2C)n2c(nc3ccccc32)N1. The van der Waals surface area contributed by atoms with E-state index in [0.717, 1.165) is 27.9 Å². The number of fused-ring (bicyclic) bond motifs is 3. The quantitative estimate of drug-likeness (QED) is 0.473. The molecule has 0 saturated carbocycles. The molecule has 2 heterocycles. The molecule has 1 amide bonds. The molecule has 0 saturated heterocycles. The van der Waals surface area contributed by atoms with Crippen LogP contribution >= 0.6 is 0 Å². The van der Waals surface area contributed by atoms with Gasteiger partial charge in [0, 0.05) is 11.4 Å². The summed E-state index contributed by atoms with van der Waals surface area (Å²) >= 11 is 0. The van der Waals surface area contributed by atoms with E-state index in [1.807, 2.05) is 62.4 Å². The van der Waals surface area contributed by atoms with Crippen molar-refractivity contribution in [2.45, 2.75) is 19.9 Å². The molecule has 1 atom stereocenters. The third-order valence-electron chi connectivity index (χ3n) is 5.66. The van der Waals surface area contributed by atoms with Gasteiger partial charge >= 0.3 is 0 Å². The standard InChI is InChI=1S/C25H21FN4O/c1-15-7-3-4-8-19(15)23-22(24(31)28-18-13-11-17(26)12-14-18)16(2)27-25-29-20-9-5-6-10-21(20)30(23)25/h3-14,23H,1-2H3,(H,27,29)(H,28,31). The highest BCUT2D eigenvalue weighted by molar-refractivity contribution is 6.06. The largest absolute Gasteiger partial charge is 0.329 e. The van der Waals surface area contributed by atoms with Crippen molar-refractivity contribution in [2.24, 2.45) is 0 Å². The molecule has 1 aliphatic rings. The summed E-state index contributed by atoms with van der Waals surface area (Å²) in [7, 11) is 0. The van der Waals surface area contributed by atoms with Crippen molar-refractivity contribution in [3.63, 3.8) is 0 Å². The average Bonchev–Trinajstić information content (AvgIpc) is 3.12. The van der Waals surface area contributed by atoms with Gasteiger partial charge in [-0.05, 0) is 61.4 Å². The van der Waals surface area contributed by atoms with Crippen molar-refractivity contribution in [3.05, 3.63) is 101 Å². The van der Waals surface area contributed by atoms with Crippen LogP contribution < -0.4 is 10.6 Å². The number of hydrogen-bond acceptors (Lipinski definition) is 3. The molecule has 1 aromatic heterocycles. The zero-order chi connectivity index (χ0) is 21.5. The van der Waals surface area contributed by atoms with E-state index in [-0.39, 0.29) is 17.8 Å². The Hall–Kier alpha value is -3.93. The van der Waals surface area contributed by atoms with Gasteiger partial charge in [-0.2, -0.15) is 0 Å². The highest BCUT2D eigenvalue weighted by atomic mass is 19.1. The van der Waals surface area contributed by atoms with Crippen LogP contribution in [-0.4, -0.2) is 15.5 Å². The maximum absolute atomic E-state index is 13.5. The van der Waals surface area contributed by atoms with Gasteiger partial charge in [-0.1, -0.05) is 36.4 Å². The lowest BCUT2D eigenvalue weighted by atomic mass is 9.91. The highest BCUT2D eigenvalue weighted by Gasteiger charge is 2.34. The molecule has 2 N–H and O–H groups in total. The lowest BCUT2D eigenvalue weighted by molar-refractivity contribution is -0.113. The van der Waals surface area contributed by atoms with Crippen LogP contribution in [0.4, 0.5) is 16.0 Å². The van der Waals surface area contributed by atoms with E-state index < -0.39 is 0 Å². The molecule has 6 heteroatoms. The molecule has 0 fully saturated rings. The molecule has 1 unspecified atom stereocenters. The van der Waals surface area contributed by atoms with E-state index in [1.54, 1.807) is 12.1 Å². The Bertz CT molecular complexity index is 1340. The van der Waals surface area contributed by atoms with Gasteiger partial charge in [-0.25, -0.2) is 9.37 Å². The Morgan fingerprint density at radius 3 is 2.48 bits per heavy atom. The summed E-state index contributed by atoms with van der Waals surface area (Å²) in [4.78, 5) is 18.2. The number of nitrogens with one attached hydrogen (secondary N) is 2. The van der Waals surface area contributed by atoms with E-state index in [9.17, 15) is 9.18 Å². The first-order chi connectivity index (χ1) is 15.0. The van der Waals surface area contributed by atoms with Crippen molar-refractivity contribution >= 4 is 28.6 Å². The second kappa shape index (κ2) is 7.40. The molecule has 4 aromatic rings. The number of aromatic nitrogens is 2. The summed E-state index contributed by atoms with van der Waals surface area (Å²) in [6.07, 6.45) is 0. The minimum Gasteiger partial charge on any atom is -0.329 e. The van der Waals surface area contributed by atoms with Crippen LogP contribution in [0.1, 0.15) is 24.1 Å². The lowest BCUT2D eigenvalue weighted by Crippen LogP contribution is -2.31. The number of imidazole rings is 1. The fourth-order valence-corrected chi connectivity index (χ4v) is 4.18. The number of hydrogen-bond donors (Lipinski definition) is 2. The van der Waals surface area contributed by atoms with Gasteiger partial charge in [0.15, 0.2) is 0 Å². The molecule has 5 nitrogen and oxygen atoms in total. The molecular formula is C25H21FN4O. The van der Waals surface area contributed by atoms with Crippen LogP contribution in [0.5, 0.6) is 0 Å². The van der Waals surface area contributed by atoms with Gasteiger partial charge in [-0.3, -0.25) is 9.36 Å². The van der Waals surface area contributed by atoms with Crippen molar-refractivity contribution < 1.29 is 9.18 Å². The first-order valence-electron chi connectivity index (χ1n) is 10.1. The monoisotopic (exact) mass is 412 g/mol. The van der Waals surface area contributed by atoms with E-state index >= 15 is 0 Å². The molecule has 1 aliphatic heterocycles. The first kappa shape index (κ1) is 19.1. The van der Waals surface area contributed by atoms with E-state index in [1.165, 1.54) is 12.1 Å². The number of carbonyl (C=O) groups excluding carboxylic acids is 1. The number of anilines is 2. The number of allylic oxidation sites excluding steroid dienone is 1. The molecule has 0 aliphatic carbocycles. The number of rotatable bonds is 3. The van der Waals surface area contributed by atoms with Crippen molar-refractivity contribution in [3.8, 4) is 0 Å². The number of amides is 1. The Labute approximate surface area is 179 Å². The summed E-state index contributed by atoms with van der Waals surface area (Å²) in [6, 6.07) is 21.4. The smallest absolute Gasteiger partial charge is 0.255 e. The maximum atomic E-state index is 13.5. The normalized spacial score (nSPS) is 15.5. The third kappa shape index (κ3) is 3.26. The molecule has 154 valence electrons. The summed E-state index contributed by atoms with van der Waals surface area (Å²) in [5.74, 6) is 0.110. The van der Waals surface area contributed by atoms with Gasteiger partial charge in [0.25, 0.3) is 5.91 Å². The molecule has 0 bridgehead atoms. The van der Waals surface area contributed by atoms with Gasteiger partial charge in [0.05, 0.1) is 22.6 Å². The Morgan fingerprint density at radius 2 is 1.71 bits per heavy atom. The molecule has 0 radical (unpaired) electrons. The minimum absolute atomic E-state index is 0.242. The van der Waals surface area contributed by atoms with Crippen LogP contribution in [0.3, 0.4) is 0 Å². The Kier molecular flexibility index (Phi) is 4.55. The van der Waals surface area contributed by atoms with Crippen LogP contribution in [0.15, 0.2) is 84.1 Å². The zero-order valence-electron chi connectivity index (χ0n) is 17.2. The predicted octanol–water partition coefficient (Wildman–Crippen LogP) is 5.41. The molecule has 3 aromatic carbocycles. The van der Waals surface area contributed by atoms with Crippen molar-refractivity contribution in [1.29, 1.82) is 0 Å². The Balaban J connectivity index is 1.67. The first-order valence-corrected chi connectivity index (χ1v) is 10.1. The number of benzene rings is 3. The third-order valence-corrected chi connectivity index (χ3v) is 5.66. The molecule has 0 spiro atoms. The van der Waals surface area contributed by atoms with Gasteiger partial charge in [0.1, 0.15) is 5.82 Å². The number of carbonyl (C=O) groups is 1. The van der Waals surface area contributed by atoms with Gasteiger partial charge in [0.2, 0.25) is 5.95 Å². The molecule has 31 heavy (non-hydrogen) atoms. The number of para-hydroxylation sites is 2. The zero-order valence-corrected chi connectivity index (χ0v) is 17.2. The van der Waals surface area contributed by atoms with Gasteiger partial charge < -0.3 is 10.6 Å². The minimum atomic E-state index is -0.356. The highest BCUT2D eigenvalue weighted by Crippen LogP contribution is 2.40. The van der Waals surface area contributed by atoms with Gasteiger partial charge in [-0.15, -0.1) is 0 Å². The number of nitrogens with zero attached hydrogens (tertiary/aromatic N) is 2. The Morgan fingerprint density at radius 1 is 1.00 bits per heavy atom. The van der Waals surface area contributed by atoms with Crippen LogP contribution in [0.25, 0.3) is 11.0 Å². The molecule has 5 rings (SSSR count). The van der Waals surface area contributed by atoms with Crippen molar-refractivity contribution in [2.75, 3.05) is 10.6 Å². The van der Waals surface area contributed by atoms with Crippen LogP contribution in [0, 0.1) is 12.7 Å². The number of aryl methyl sites for hydroxylation is 1. The maximum Gasteiger partial charge on any atom is 0.255 e. The van der Waals surface area contributed by atoms with Crippen LogP contribution in [0.2, 0.25) is 0 Å². The van der Waals surface area contributed by atoms with E-state index in [4.69, 9.17) is 4.98 Å². The molecular weight excluding hydrogens is 391 g/mol. The predicted molar refractivity (Wildman–Crippen MR) is 120 cm³/mol.